The van der Waals surface area contributed by atoms with Gasteiger partial charge in [0.2, 0.25) is 12.0 Å². The van der Waals surface area contributed by atoms with Crippen LogP contribution in [-0.4, -0.2) is 348 Å². The van der Waals surface area contributed by atoms with Crippen LogP contribution in [0, 0.1) is 50.2 Å². The van der Waals surface area contributed by atoms with Gasteiger partial charge in [0.15, 0.2) is 55.2 Å². The molecule has 12 rings (SSSR count). The molecule has 0 aromatic heterocycles. The van der Waals surface area contributed by atoms with Gasteiger partial charge in [0.25, 0.3) is 0 Å². The van der Waals surface area contributed by atoms with E-state index in [1.165, 1.54) is 55.1 Å². The van der Waals surface area contributed by atoms with Gasteiger partial charge in [0.05, 0.1) is 83.0 Å². The van der Waals surface area contributed by atoms with Crippen LogP contribution in [0.1, 0.15) is 119 Å². The van der Waals surface area contributed by atoms with E-state index in [0.717, 1.165) is 11.6 Å². The average molecular weight is 1630 g/mol. The van der Waals surface area contributed by atoms with E-state index >= 15 is 4.79 Å². The molecule has 114 heavy (non-hydrogen) atoms. The lowest BCUT2D eigenvalue weighted by atomic mass is 9.33. The van der Waals surface area contributed by atoms with Crippen molar-refractivity contribution in [1.29, 1.82) is 0 Å². The predicted octanol–water partition coefficient (Wildman–Crippen LogP) is -3.37. The summed E-state index contributed by atoms with van der Waals surface area (Å²) in [6, 6.07) is 3.08. The number of methoxy groups -OCH3 is 3. The summed E-state index contributed by atoms with van der Waals surface area (Å²) in [7, 11) is 4.19. The van der Waals surface area contributed by atoms with Crippen molar-refractivity contribution in [3.05, 3.63) is 35.4 Å². The molecular formula is C77H116O37. The zero-order chi connectivity index (χ0) is 83.3. The van der Waals surface area contributed by atoms with Gasteiger partial charge in [-0.3, -0.25) is 9.59 Å². The number of aliphatic carboxylic acids is 1. The Morgan fingerprint density at radius 3 is 1.62 bits per heavy atom. The number of hydrogen-bond donors (Lipinski definition) is 18. The van der Waals surface area contributed by atoms with Crippen molar-refractivity contribution in [2.24, 2.45) is 50.2 Å². The third-order valence-corrected chi connectivity index (χ3v) is 27.5. The number of carboxylic acids is 1. The maximum atomic E-state index is 16.5. The smallest absolute Gasteiger partial charge is 0.331 e. The van der Waals surface area contributed by atoms with Gasteiger partial charge in [0.1, 0.15) is 116 Å². The number of aliphatic hydroxyl groups is 17. The van der Waals surface area contributed by atoms with Crippen molar-refractivity contribution >= 4 is 24.0 Å². The molecule has 39 atom stereocenters. The minimum Gasteiger partial charge on any atom is -0.493 e. The fourth-order valence-corrected chi connectivity index (χ4v) is 20.9. The zero-order valence-corrected chi connectivity index (χ0v) is 65.5. The summed E-state index contributed by atoms with van der Waals surface area (Å²) in [4.78, 5) is 45.0. The molecule has 0 amide bonds. The summed E-state index contributed by atoms with van der Waals surface area (Å²) in [5, 5.41) is 201. The highest BCUT2D eigenvalue weighted by Gasteiger charge is 2.74. The molecule has 1 aromatic carbocycles. The van der Waals surface area contributed by atoms with Gasteiger partial charge in [-0.25, -0.2) is 4.79 Å². The van der Waals surface area contributed by atoms with Gasteiger partial charge in [-0.1, -0.05) is 39.3 Å². The lowest BCUT2D eigenvalue weighted by Gasteiger charge is -2.71. The van der Waals surface area contributed by atoms with Gasteiger partial charge in [0, 0.05) is 11.5 Å². The van der Waals surface area contributed by atoms with Crippen molar-refractivity contribution in [2.75, 3.05) is 47.8 Å². The summed E-state index contributed by atoms with van der Waals surface area (Å²) < 4.78 is 96.8. The Hall–Kier alpha value is -4.61. The Bertz CT molecular complexity index is 3560. The van der Waals surface area contributed by atoms with Gasteiger partial charge in [-0.05, 0) is 143 Å². The van der Waals surface area contributed by atoms with Crippen molar-refractivity contribution in [3.63, 3.8) is 0 Å². The summed E-state index contributed by atoms with van der Waals surface area (Å²) >= 11 is 0. The molecule has 0 spiro atoms. The number of fused-ring (bicyclic) bond motifs is 7. The van der Waals surface area contributed by atoms with Crippen LogP contribution in [-0.2, 0) is 76.0 Å². The highest BCUT2D eigenvalue weighted by atomic mass is 16.8. The van der Waals surface area contributed by atoms with Crippen LogP contribution in [0.2, 0.25) is 0 Å². The SMILES string of the molecule is COc1cc(C=CC(=O)O[C@@H]2[C@H](O[C@H]3O[C@@H](C)[C@H](O)[C@@H](O)[C@H]3O)[C@@H](O[C@@H]3O[C@@H](C)[C@H](O[C@@H]4OC[C@@H](O[C@@H]5O[C@H](CO)[C@H](O)[C@H](O)[C@H]5O)[C@H](O)[C@H]4O)[C@@H](O)[C@H]3O)[C@H](OC(=O)[C@]34CCC(C)(C)C[C@H]3C3=CC[C@@H]5[C@@]6(C)C[C@H](O)[C@H](O[C@@H]7O[C@H](CO)[C@@H](O)[C@H](O)[C@H]7O)[C@@](C)(C(=O)O)[C@@H]6CC[C@@]5(C)[C@]3(CO)CC4)O[C@@H]2C)cc(OC)c1OC. The largest absolute Gasteiger partial charge is 0.493 e. The molecule has 0 bridgehead atoms. The van der Waals surface area contributed by atoms with Gasteiger partial charge in [-0.2, -0.15) is 0 Å². The number of benzene rings is 1. The van der Waals surface area contributed by atoms with E-state index < -0.39 is 285 Å². The molecule has 0 radical (unpaired) electrons. The third kappa shape index (κ3) is 15.5. The molecule has 6 heterocycles. The predicted molar refractivity (Wildman–Crippen MR) is 382 cm³/mol. The highest BCUT2D eigenvalue weighted by molar-refractivity contribution is 5.87. The number of hydrogen-bond acceptors (Lipinski definition) is 36. The van der Waals surface area contributed by atoms with Crippen LogP contribution in [0.15, 0.2) is 29.9 Å². The zero-order valence-electron chi connectivity index (χ0n) is 65.5. The van der Waals surface area contributed by atoms with E-state index in [9.17, 15) is 102 Å². The second-order valence-electron chi connectivity index (χ2n) is 34.4. The van der Waals surface area contributed by atoms with E-state index in [2.05, 4.69) is 20.8 Å². The van der Waals surface area contributed by atoms with Crippen LogP contribution in [0.4, 0.5) is 0 Å². The van der Waals surface area contributed by atoms with Crippen molar-refractivity contribution in [1.82, 2.24) is 0 Å². The number of rotatable bonds is 22. The Morgan fingerprint density at radius 1 is 0.518 bits per heavy atom. The highest BCUT2D eigenvalue weighted by Crippen LogP contribution is 2.76. The maximum Gasteiger partial charge on any atom is 0.331 e. The standard InChI is InChI=1S/C77H116O37/c1-30-45(83)49(87)54(92)65(103-30)111-61-59(109-44(82)15-12-33-22-37(99-9)60(101-11)38(23-33)100-10)32(3)105-69(62(61)112-66-57(95)52(90)58(31(2)104-66)110-64-53(91)48(86)41(28-102-64)108-67-55(93)50(88)46(84)39(26-78)106-67)114-71(98)76-19-18-72(4,5)24-35(76)34-13-14-42-73(6)25-36(81)63(113-68-56(94)51(89)47(85)40(27-79)107-68)75(8,70(96)97)43(73)16-17-74(42,7)77(34,29-80)21-20-76/h12-13,15,22-23,30-32,35-36,39-43,45-59,61-69,78-81,83-95H,14,16-21,24-29H2,1-11H3,(H,96,97)/t30-,31-,32+,35-,36-,39+,40+,41+,42+,43+,45-,46-,47+,48-,49+,50-,51-,52-,53+,54+,55+,56+,57+,58-,59-,61-,62+,63-,64-,65+,66-,67-,68-,69-,73+,74+,75-,76-,77-/m0/s1. The summed E-state index contributed by atoms with van der Waals surface area (Å²) in [5.74, 6) is -4.41. The van der Waals surface area contributed by atoms with E-state index in [0.29, 0.717) is 24.8 Å². The number of ether oxygens (including phenoxy) is 16. The van der Waals surface area contributed by atoms with Crippen LogP contribution < -0.4 is 14.2 Å². The summed E-state index contributed by atoms with van der Waals surface area (Å²) in [5.41, 5.74) is -5.68. The molecule has 6 aliphatic heterocycles. The van der Waals surface area contributed by atoms with Gasteiger partial charge >= 0.3 is 17.9 Å². The molecule has 4 saturated carbocycles. The molecule has 5 aliphatic carbocycles. The first kappa shape index (κ1) is 88.7. The maximum absolute atomic E-state index is 16.5. The Kier molecular flexibility index (Phi) is 26.5. The first-order valence-electron chi connectivity index (χ1n) is 39.1. The number of carbonyl (C=O) groups is 3. The Morgan fingerprint density at radius 2 is 1.04 bits per heavy atom. The molecule has 646 valence electrons. The second-order valence-corrected chi connectivity index (χ2v) is 34.4. The molecular weight excluding hydrogens is 1520 g/mol. The van der Waals surface area contributed by atoms with E-state index in [1.807, 2.05) is 13.0 Å². The van der Waals surface area contributed by atoms with Crippen LogP contribution in [0.25, 0.3) is 6.08 Å². The van der Waals surface area contributed by atoms with Gasteiger partial charge < -0.3 is 168 Å². The molecule has 18 N–H and O–H groups in total. The quantitative estimate of drug-likeness (QED) is 0.0233. The minimum atomic E-state index is -2.21. The van der Waals surface area contributed by atoms with Gasteiger partial charge in [-0.15, -0.1) is 0 Å². The fraction of sp³-hybridized carbons (Fsp3) is 0.831. The number of carbonyl (C=O) groups excluding carboxylic acids is 2. The average Bonchev–Trinajstić information content (AvgIpc) is 0.668. The molecule has 37 heteroatoms. The number of esters is 2. The monoisotopic (exact) mass is 1630 g/mol. The molecule has 37 nitrogen and oxygen atoms in total. The number of allylic oxidation sites excluding steroid dienone is 1. The number of carboxylic acid groups (broad SMARTS) is 1. The first-order valence-corrected chi connectivity index (χ1v) is 39.1. The van der Waals surface area contributed by atoms with Crippen molar-refractivity contribution in [3.8, 4) is 17.2 Å². The first-order chi connectivity index (χ1) is 53.7. The lowest BCUT2D eigenvalue weighted by Crippen LogP contribution is -2.71. The Labute approximate surface area is 657 Å². The molecule has 6 saturated heterocycles. The van der Waals surface area contributed by atoms with Crippen LogP contribution >= 0.6 is 0 Å². The van der Waals surface area contributed by atoms with E-state index in [-0.39, 0.29) is 55.8 Å². The normalized spacial score (nSPS) is 48.8. The molecule has 1 aromatic rings. The lowest BCUT2D eigenvalue weighted by molar-refractivity contribution is -0.392. The Balaban J connectivity index is 0.869. The minimum absolute atomic E-state index is 0.0367. The van der Waals surface area contributed by atoms with Crippen molar-refractivity contribution < 1.29 is 182 Å². The topological polar surface area (TPSA) is 563 Å². The van der Waals surface area contributed by atoms with Crippen molar-refractivity contribution in [2.45, 2.75) is 304 Å². The fourth-order valence-electron chi connectivity index (χ4n) is 20.9. The molecule has 0 unspecified atom stereocenters. The van der Waals surface area contributed by atoms with Crippen LogP contribution in [0.3, 0.4) is 0 Å². The molecule has 11 aliphatic rings. The van der Waals surface area contributed by atoms with E-state index in [4.69, 9.17) is 75.8 Å². The van der Waals surface area contributed by atoms with E-state index in [1.54, 1.807) is 12.1 Å². The second kappa shape index (κ2) is 34.1. The summed E-state index contributed by atoms with van der Waals surface area (Å²) in [6.45, 7) is 11.1. The number of aliphatic hydroxyl groups excluding tert-OH is 17. The molecule has 10 fully saturated rings. The third-order valence-electron chi connectivity index (χ3n) is 27.5. The van der Waals surface area contributed by atoms with Crippen LogP contribution in [0.5, 0.6) is 17.2 Å². The summed E-state index contributed by atoms with van der Waals surface area (Å²) in [6.07, 6.45) is -48.4.